The van der Waals surface area contributed by atoms with Crippen LogP contribution in [0, 0.1) is 5.92 Å². The Morgan fingerprint density at radius 2 is 1.96 bits per heavy atom. The molecule has 142 valence electrons. The number of ether oxygens (including phenoxy) is 2. The summed E-state index contributed by atoms with van der Waals surface area (Å²) in [7, 11) is 3.14. The van der Waals surface area contributed by atoms with Crippen molar-refractivity contribution in [3.05, 3.63) is 18.2 Å². The van der Waals surface area contributed by atoms with Crippen LogP contribution in [0.15, 0.2) is 18.2 Å². The summed E-state index contributed by atoms with van der Waals surface area (Å²) in [6.07, 6.45) is 2.51. The monoisotopic (exact) mass is 361 g/mol. The number of piperidine rings is 1. The molecule has 3 amide bonds. The number of rotatable bonds is 4. The van der Waals surface area contributed by atoms with Crippen LogP contribution in [0.3, 0.4) is 0 Å². The van der Waals surface area contributed by atoms with E-state index in [-0.39, 0.29) is 18.0 Å². The molecule has 2 heterocycles. The molecule has 1 aromatic carbocycles. The van der Waals surface area contributed by atoms with Gasteiger partial charge in [0, 0.05) is 37.8 Å². The van der Waals surface area contributed by atoms with Crippen molar-refractivity contribution in [3.63, 3.8) is 0 Å². The number of carbonyl (C=O) groups excluding carboxylic acids is 2. The minimum Gasteiger partial charge on any atom is -0.493 e. The van der Waals surface area contributed by atoms with Crippen LogP contribution in [0.25, 0.3) is 0 Å². The van der Waals surface area contributed by atoms with Crippen molar-refractivity contribution in [2.45, 2.75) is 32.2 Å². The Morgan fingerprint density at radius 1 is 1.19 bits per heavy atom. The first-order valence-electron chi connectivity index (χ1n) is 9.09. The molecular weight excluding hydrogens is 334 g/mol. The zero-order valence-corrected chi connectivity index (χ0v) is 15.7. The van der Waals surface area contributed by atoms with E-state index in [2.05, 4.69) is 12.2 Å². The zero-order valence-electron chi connectivity index (χ0n) is 15.7. The van der Waals surface area contributed by atoms with E-state index in [0.29, 0.717) is 30.4 Å². The van der Waals surface area contributed by atoms with Crippen LogP contribution in [0.2, 0.25) is 0 Å². The van der Waals surface area contributed by atoms with Crippen LogP contribution >= 0.6 is 0 Å². The molecule has 0 saturated carbocycles. The molecule has 26 heavy (non-hydrogen) atoms. The number of carbonyl (C=O) groups is 2. The number of amides is 3. The van der Waals surface area contributed by atoms with Gasteiger partial charge in [0.15, 0.2) is 11.5 Å². The van der Waals surface area contributed by atoms with Gasteiger partial charge in [-0.3, -0.25) is 4.79 Å². The molecule has 2 saturated heterocycles. The van der Waals surface area contributed by atoms with E-state index in [9.17, 15) is 9.59 Å². The number of urea groups is 1. The van der Waals surface area contributed by atoms with Gasteiger partial charge in [-0.25, -0.2) is 4.79 Å². The van der Waals surface area contributed by atoms with Crippen molar-refractivity contribution in [1.82, 2.24) is 10.2 Å². The lowest BCUT2D eigenvalue weighted by Crippen LogP contribution is -2.49. The first-order chi connectivity index (χ1) is 12.5. The van der Waals surface area contributed by atoms with E-state index in [1.807, 2.05) is 11.0 Å². The fraction of sp³-hybridized carbons (Fsp3) is 0.579. The second kappa shape index (κ2) is 7.85. The average molecular weight is 361 g/mol. The lowest BCUT2D eigenvalue weighted by molar-refractivity contribution is -0.117. The fourth-order valence-electron chi connectivity index (χ4n) is 3.69. The lowest BCUT2D eigenvalue weighted by atomic mass is 10.0. The molecule has 0 unspecified atom stereocenters. The van der Waals surface area contributed by atoms with E-state index in [4.69, 9.17) is 9.47 Å². The number of hydrogen-bond acceptors (Lipinski definition) is 4. The standard InChI is InChI=1S/C19H27N3O4/c1-13-5-4-8-21(11-13)19(24)20-14-9-18(23)22(12-14)15-6-7-16(25-2)17(10-15)26-3/h6-7,10,13-14H,4-5,8-9,11-12H2,1-3H3,(H,20,24)/t13-,14+/m1/s1. The second-order valence-corrected chi connectivity index (χ2v) is 7.09. The third kappa shape index (κ3) is 3.86. The largest absolute Gasteiger partial charge is 0.493 e. The summed E-state index contributed by atoms with van der Waals surface area (Å²) in [5, 5.41) is 3.02. The van der Waals surface area contributed by atoms with Gasteiger partial charge >= 0.3 is 6.03 Å². The molecule has 7 heteroatoms. The van der Waals surface area contributed by atoms with Gasteiger partial charge < -0.3 is 24.6 Å². The third-order valence-corrected chi connectivity index (χ3v) is 5.08. The van der Waals surface area contributed by atoms with E-state index >= 15 is 0 Å². The van der Waals surface area contributed by atoms with Crippen molar-refractivity contribution in [1.29, 1.82) is 0 Å². The fourth-order valence-corrected chi connectivity index (χ4v) is 3.69. The molecule has 7 nitrogen and oxygen atoms in total. The predicted octanol–water partition coefficient (Wildman–Crippen LogP) is 2.25. The van der Waals surface area contributed by atoms with Gasteiger partial charge in [-0.15, -0.1) is 0 Å². The Labute approximate surface area is 154 Å². The van der Waals surface area contributed by atoms with Gasteiger partial charge in [0.25, 0.3) is 0 Å². The van der Waals surface area contributed by atoms with Crippen molar-refractivity contribution in [3.8, 4) is 11.5 Å². The zero-order chi connectivity index (χ0) is 18.7. The van der Waals surface area contributed by atoms with Crippen LogP contribution < -0.4 is 19.7 Å². The van der Waals surface area contributed by atoms with Gasteiger partial charge in [-0.2, -0.15) is 0 Å². The molecule has 1 N–H and O–H groups in total. The van der Waals surface area contributed by atoms with Crippen LogP contribution in [0.4, 0.5) is 10.5 Å². The Bertz CT molecular complexity index is 679. The molecule has 2 aliphatic rings. The maximum Gasteiger partial charge on any atom is 0.317 e. The normalized spacial score (nSPS) is 23.1. The smallest absolute Gasteiger partial charge is 0.317 e. The first kappa shape index (κ1) is 18.4. The molecule has 0 aromatic heterocycles. The van der Waals surface area contributed by atoms with E-state index < -0.39 is 0 Å². The first-order valence-corrected chi connectivity index (χ1v) is 9.09. The Hall–Kier alpha value is -2.44. The molecule has 0 radical (unpaired) electrons. The molecule has 0 spiro atoms. The van der Waals surface area contributed by atoms with Crippen molar-refractivity contribution >= 4 is 17.6 Å². The number of benzene rings is 1. The molecule has 0 aliphatic carbocycles. The SMILES string of the molecule is COc1ccc(N2C[C@@H](NC(=O)N3CCC[C@@H](C)C3)CC2=O)cc1OC. The maximum absolute atomic E-state index is 12.5. The molecule has 2 atom stereocenters. The molecular formula is C19H27N3O4. The van der Waals surface area contributed by atoms with E-state index in [1.165, 1.54) is 6.42 Å². The second-order valence-electron chi connectivity index (χ2n) is 7.09. The molecule has 1 aromatic rings. The van der Waals surface area contributed by atoms with E-state index in [0.717, 1.165) is 25.2 Å². The van der Waals surface area contributed by atoms with Crippen LogP contribution in [-0.4, -0.2) is 56.7 Å². The van der Waals surface area contributed by atoms with Crippen LogP contribution in [0.1, 0.15) is 26.2 Å². The number of hydrogen-bond donors (Lipinski definition) is 1. The topological polar surface area (TPSA) is 71.1 Å². The lowest BCUT2D eigenvalue weighted by Gasteiger charge is -2.31. The summed E-state index contributed by atoms with van der Waals surface area (Å²) >= 11 is 0. The number of likely N-dealkylation sites (tertiary alicyclic amines) is 1. The van der Waals surface area contributed by atoms with Gasteiger partial charge in [0.2, 0.25) is 5.91 Å². The summed E-state index contributed by atoms with van der Waals surface area (Å²) in [4.78, 5) is 28.5. The summed E-state index contributed by atoms with van der Waals surface area (Å²) in [5.74, 6) is 1.72. The maximum atomic E-state index is 12.5. The average Bonchev–Trinajstić information content (AvgIpc) is 3.01. The Kier molecular flexibility index (Phi) is 5.54. The van der Waals surface area contributed by atoms with Crippen molar-refractivity contribution in [2.24, 2.45) is 5.92 Å². The number of methoxy groups -OCH3 is 2. The quantitative estimate of drug-likeness (QED) is 0.893. The molecule has 2 aliphatic heterocycles. The van der Waals surface area contributed by atoms with E-state index in [1.54, 1.807) is 31.3 Å². The minimum absolute atomic E-state index is 0.00506. The highest BCUT2D eigenvalue weighted by Crippen LogP contribution is 2.33. The van der Waals surface area contributed by atoms with Gasteiger partial charge in [0.05, 0.1) is 20.3 Å². The van der Waals surface area contributed by atoms with Crippen molar-refractivity contribution < 1.29 is 19.1 Å². The number of nitrogens with zero attached hydrogens (tertiary/aromatic N) is 2. The highest BCUT2D eigenvalue weighted by molar-refractivity contribution is 5.97. The van der Waals surface area contributed by atoms with Crippen LogP contribution in [0.5, 0.6) is 11.5 Å². The Morgan fingerprint density at radius 3 is 2.65 bits per heavy atom. The summed E-state index contributed by atoms with van der Waals surface area (Å²) in [6.45, 7) is 4.20. The number of nitrogens with one attached hydrogen (secondary N) is 1. The van der Waals surface area contributed by atoms with Gasteiger partial charge in [0.1, 0.15) is 0 Å². The summed E-state index contributed by atoms with van der Waals surface area (Å²) in [6, 6.07) is 5.15. The minimum atomic E-state index is -0.180. The van der Waals surface area contributed by atoms with Crippen molar-refractivity contribution in [2.75, 3.05) is 38.8 Å². The van der Waals surface area contributed by atoms with Gasteiger partial charge in [-0.05, 0) is 30.9 Å². The van der Waals surface area contributed by atoms with Crippen LogP contribution in [-0.2, 0) is 4.79 Å². The van der Waals surface area contributed by atoms with Gasteiger partial charge in [-0.1, -0.05) is 6.92 Å². The number of anilines is 1. The Balaban J connectivity index is 1.64. The summed E-state index contributed by atoms with van der Waals surface area (Å²) < 4.78 is 10.6. The highest BCUT2D eigenvalue weighted by Gasteiger charge is 2.33. The highest BCUT2D eigenvalue weighted by atomic mass is 16.5. The predicted molar refractivity (Wildman–Crippen MR) is 98.8 cm³/mol. The molecule has 0 bridgehead atoms. The summed E-state index contributed by atoms with van der Waals surface area (Å²) in [5.41, 5.74) is 0.746. The molecule has 2 fully saturated rings. The molecule has 3 rings (SSSR count). The third-order valence-electron chi connectivity index (χ3n) is 5.08.